The summed E-state index contributed by atoms with van der Waals surface area (Å²) >= 11 is 0. The number of carbonyl (C=O) groups excluding carboxylic acids is 2. The van der Waals surface area contributed by atoms with Gasteiger partial charge in [-0.05, 0) is 56.9 Å². The van der Waals surface area contributed by atoms with Crippen LogP contribution in [-0.4, -0.2) is 50.8 Å². The van der Waals surface area contributed by atoms with Crippen LogP contribution in [0.2, 0.25) is 0 Å². The van der Waals surface area contributed by atoms with Crippen molar-refractivity contribution in [2.24, 2.45) is 5.92 Å². The van der Waals surface area contributed by atoms with E-state index in [2.05, 4.69) is 0 Å². The predicted octanol–water partition coefficient (Wildman–Crippen LogP) is 2.17. The first-order valence-corrected chi connectivity index (χ1v) is 10.9. The van der Waals surface area contributed by atoms with Crippen molar-refractivity contribution in [3.8, 4) is 0 Å². The highest BCUT2D eigenvalue weighted by Gasteiger charge is 2.34. The first-order chi connectivity index (χ1) is 12.9. The highest BCUT2D eigenvalue weighted by molar-refractivity contribution is 7.89. The molecular weight excluding hydrogens is 368 g/mol. The molecule has 2 fully saturated rings. The van der Waals surface area contributed by atoms with Crippen molar-refractivity contribution < 1.29 is 22.7 Å². The highest BCUT2D eigenvalue weighted by atomic mass is 32.2. The lowest BCUT2D eigenvalue weighted by Gasteiger charge is -2.31. The number of benzene rings is 1. The molecule has 1 amide bonds. The summed E-state index contributed by atoms with van der Waals surface area (Å²) in [6.45, 7) is 3.24. The van der Waals surface area contributed by atoms with Crippen molar-refractivity contribution in [3.05, 3.63) is 24.3 Å². The van der Waals surface area contributed by atoms with Crippen molar-refractivity contribution in [2.75, 3.05) is 31.1 Å². The molecular formula is C19H26N2O5S. The standard InChI is InChI=1S/C19H26N2O5S/c1-2-26-19(23)15-6-5-12-20(14-15)27(24,25)17-10-8-16(9-11-17)21-13-4-3-7-18(21)22/h8-11,15H,2-7,12-14H2,1H3. The second-order valence-electron chi connectivity index (χ2n) is 6.95. The molecule has 148 valence electrons. The van der Waals surface area contributed by atoms with E-state index in [9.17, 15) is 18.0 Å². The molecule has 1 aromatic rings. The molecule has 2 saturated heterocycles. The average molecular weight is 394 g/mol. The van der Waals surface area contributed by atoms with Gasteiger partial charge in [-0.2, -0.15) is 4.31 Å². The lowest BCUT2D eigenvalue weighted by molar-refractivity contribution is -0.149. The highest BCUT2D eigenvalue weighted by Crippen LogP contribution is 2.27. The van der Waals surface area contributed by atoms with E-state index in [1.165, 1.54) is 4.31 Å². The number of piperidine rings is 2. The Hall–Kier alpha value is -1.93. The second-order valence-corrected chi connectivity index (χ2v) is 8.89. The van der Waals surface area contributed by atoms with Gasteiger partial charge in [-0.15, -0.1) is 0 Å². The molecule has 1 atom stereocenters. The van der Waals surface area contributed by atoms with E-state index in [4.69, 9.17) is 4.74 Å². The summed E-state index contributed by atoms with van der Waals surface area (Å²) in [5.74, 6) is -0.680. The number of ether oxygens (including phenoxy) is 1. The Morgan fingerprint density at radius 1 is 1.15 bits per heavy atom. The van der Waals surface area contributed by atoms with Crippen LogP contribution in [0.4, 0.5) is 5.69 Å². The molecule has 2 aliphatic heterocycles. The fourth-order valence-corrected chi connectivity index (χ4v) is 5.16. The van der Waals surface area contributed by atoms with Crippen LogP contribution in [-0.2, 0) is 24.3 Å². The molecule has 2 heterocycles. The summed E-state index contributed by atoms with van der Waals surface area (Å²) in [5, 5.41) is 0. The fraction of sp³-hybridized carbons (Fsp3) is 0.579. The summed E-state index contributed by atoms with van der Waals surface area (Å²) in [6.07, 6.45) is 3.65. The maximum absolute atomic E-state index is 13.0. The summed E-state index contributed by atoms with van der Waals surface area (Å²) in [4.78, 5) is 25.9. The first kappa shape index (κ1) is 19.8. The molecule has 0 aliphatic carbocycles. The van der Waals surface area contributed by atoms with E-state index in [0.717, 1.165) is 18.5 Å². The van der Waals surface area contributed by atoms with Gasteiger partial charge in [0.25, 0.3) is 0 Å². The molecule has 0 N–H and O–H groups in total. The minimum atomic E-state index is -3.68. The molecule has 0 radical (unpaired) electrons. The van der Waals surface area contributed by atoms with Crippen molar-refractivity contribution in [1.82, 2.24) is 4.31 Å². The monoisotopic (exact) mass is 394 g/mol. The van der Waals surface area contributed by atoms with Crippen LogP contribution in [0.15, 0.2) is 29.2 Å². The third-order valence-corrected chi connectivity index (χ3v) is 6.99. The van der Waals surface area contributed by atoms with Gasteiger partial charge in [0.05, 0.1) is 17.4 Å². The van der Waals surface area contributed by atoms with E-state index in [1.54, 1.807) is 36.1 Å². The van der Waals surface area contributed by atoms with Gasteiger partial charge >= 0.3 is 5.97 Å². The molecule has 0 aromatic heterocycles. The van der Waals surface area contributed by atoms with E-state index >= 15 is 0 Å². The number of sulfonamides is 1. The Morgan fingerprint density at radius 3 is 2.56 bits per heavy atom. The van der Waals surface area contributed by atoms with Gasteiger partial charge in [0.15, 0.2) is 0 Å². The van der Waals surface area contributed by atoms with Crippen molar-refractivity contribution >= 4 is 27.6 Å². The lowest BCUT2D eigenvalue weighted by atomic mass is 10.0. The zero-order chi connectivity index (χ0) is 19.4. The largest absolute Gasteiger partial charge is 0.466 e. The Morgan fingerprint density at radius 2 is 1.89 bits per heavy atom. The number of hydrogen-bond acceptors (Lipinski definition) is 5. The van der Waals surface area contributed by atoms with Gasteiger partial charge in [0.2, 0.25) is 15.9 Å². The minimum absolute atomic E-state index is 0.0742. The lowest BCUT2D eigenvalue weighted by Crippen LogP contribution is -2.42. The number of esters is 1. The minimum Gasteiger partial charge on any atom is -0.466 e. The van der Waals surface area contributed by atoms with Gasteiger partial charge in [0.1, 0.15) is 0 Å². The van der Waals surface area contributed by atoms with Crippen molar-refractivity contribution in [1.29, 1.82) is 0 Å². The quantitative estimate of drug-likeness (QED) is 0.715. The van der Waals surface area contributed by atoms with E-state index in [1.807, 2.05) is 0 Å². The van der Waals surface area contributed by atoms with Gasteiger partial charge in [-0.3, -0.25) is 9.59 Å². The van der Waals surface area contributed by atoms with Crippen LogP contribution in [0.25, 0.3) is 0 Å². The second kappa shape index (κ2) is 8.39. The summed E-state index contributed by atoms with van der Waals surface area (Å²) in [7, 11) is -3.68. The molecule has 0 spiro atoms. The maximum atomic E-state index is 13.0. The molecule has 2 aliphatic rings. The van der Waals surface area contributed by atoms with Gasteiger partial charge in [0, 0.05) is 31.7 Å². The van der Waals surface area contributed by atoms with Crippen LogP contribution in [0.3, 0.4) is 0 Å². The van der Waals surface area contributed by atoms with E-state index in [0.29, 0.717) is 39.0 Å². The number of anilines is 1. The molecule has 1 unspecified atom stereocenters. The number of carbonyl (C=O) groups is 2. The third-order valence-electron chi connectivity index (χ3n) is 5.11. The normalized spacial score (nSPS) is 21.9. The van der Waals surface area contributed by atoms with Gasteiger partial charge in [-0.1, -0.05) is 0 Å². The predicted molar refractivity (Wildman–Crippen MR) is 101 cm³/mol. The van der Waals surface area contributed by atoms with Crippen LogP contribution in [0.1, 0.15) is 39.0 Å². The van der Waals surface area contributed by atoms with Gasteiger partial charge in [-0.25, -0.2) is 8.42 Å². The fourth-order valence-electron chi connectivity index (χ4n) is 3.64. The molecule has 3 rings (SSSR count). The number of nitrogens with zero attached hydrogens (tertiary/aromatic N) is 2. The van der Waals surface area contributed by atoms with E-state index < -0.39 is 15.9 Å². The van der Waals surface area contributed by atoms with E-state index in [-0.39, 0.29) is 23.3 Å². The number of rotatable bonds is 5. The molecule has 8 heteroatoms. The zero-order valence-corrected chi connectivity index (χ0v) is 16.4. The summed E-state index contributed by atoms with van der Waals surface area (Å²) in [6, 6.07) is 6.45. The molecule has 7 nitrogen and oxygen atoms in total. The van der Waals surface area contributed by atoms with Crippen molar-refractivity contribution in [2.45, 2.75) is 43.9 Å². The topological polar surface area (TPSA) is 84.0 Å². The first-order valence-electron chi connectivity index (χ1n) is 9.50. The Balaban J connectivity index is 1.74. The Kier molecular flexibility index (Phi) is 6.16. The Labute approximate surface area is 160 Å². The molecule has 0 bridgehead atoms. The average Bonchev–Trinajstić information content (AvgIpc) is 2.69. The van der Waals surface area contributed by atoms with Crippen molar-refractivity contribution in [3.63, 3.8) is 0 Å². The van der Waals surface area contributed by atoms with Crippen LogP contribution in [0, 0.1) is 5.92 Å². The molecule has 1 aromatic carbocycles. The van der Waals surface area contributed by atoms with Crippen LogP contribution >= 0.6 is 0 Å². The summed E-state index contributed by atoms with van der Waals surface area (Å²) in [5.41, 5.74) is 0.724. The molecule has 27 heavy (non-hydrogen) atoms. The Bertz CT molecular complexity index is 791. The van der Waals surface area contributed by atoms with Gasteiger partial charge < -0.3 is 9.64 Å². The zero-order valence-electron chi connectivity index (χ0n) is 15.6. The number of amides is 1. The maximum Gasteiger partial charge on any atom is 0.310 e. The molecule has 0 saturated carbocycles. The van der Waals surface area contributed by atoms with Crippen LogP contribution in [0.5, 0.6) is 0 Å². The smallest absolute Gasteiger partial charge is 0.310 e. The number of hydrogen-bond donors (Lipinski definition) is 0. The SMILES string of the molecule is CCOC(=O)C1CCCN(S(=O)(=O)c2ccc(N3CCCCC3=O)cc2)C1. The third kappa shape index (κ3) is 4.32. The van der Waals surface area contributed by atoms with Crippen LogP contribution < -0.4 is 4.90 Å². The summed E-state index contributed by atoms with van der Waals surface area (Å²) < 4.78 is 32.3.